The molecular weight excluding hydrogens is 419 g/mol. The van der Waals surface area contributed by atoms with Crippen LogP contribution in [-0.2, 0) is 15.8 Å². The Balaban J connectivity index is 1.95. The zero-order valence-electron chi connectivity index (χ0n) is 16.3. The first kappa shape index (κ1) is 21.9. The van der Waals surface area contributed by atoms with Crippen molar-refractivity contribution >= 4 is 15.7 Å². The van der Waals surface area contributed by atoms with E-state index in [4.69, 9.17) is 0 Å². The molecule has 0 unspecified atom stereocenters. The molecule has 1 aliphatic rings. The molecule has 6 nitrogen and oxygen atoms in total. The second kappa shape index (κ2) is 8.17. The van der Waals surface area contributed by atoms with Gasteiger partial charge in [0.15, 0.2) is 9.84 Å². The second-order valence-corrected chi connectivity index (χ2v) is 9.28. The van der Waals surface area contributed by atoms with Gasteiger partial charge in [0, 0.05) is 24.2 Å². The van der Waals surface area contributed by atoms with E-state index in [0.29, 0.717) is 6.92 Å². The predicted octanol–water partition coefficient (Wildman–Crippen LogP) is 3.46. The minimum absolute atomic E-state index is 0.0596. The van der Waals surface area contributed by atoms with Crippen LogP contribution in [0.1, 0.15) is 35.9 Å². The fraction of sp³-hybridized carbons (Fsp3) is 0.350. The van der Waals surface area contributed by atoms with Gasteiger partial charge in [-0.3, -0.25) is 9.78 Å². The van der Waals surface area contributed by atoms with Gasteiger partial charge in [0.05, 0.1) is 17.9 Å². The summed E-state index contributed by atoms with van der Waals surface area (Å²) < 4.78 is 64.4. The second-order valence-electron chi connectivity index (χ2n) is 7.35. The summed E-state index contributed by atoms with van der Waals surface area (Å²) in [5, 5.41) is 3.68. The molecule has 0 saturated heterocycles. The third-order valence-electron chi connectivity index (χ3n) is 4.48. The van der Waals surface area contributed by atoms with Gasteiger partial charge in [-0.2, -0.15) is 8.78 Å². The van der Waals surface area contributed by atoms with Crippen molar-refractivity contribution in [3.05, 3.63) is 59.2 Å². The molecule has 1 aromatic heterocycles. The number of sulfone groups is 1. The van der Waals surface area contributed by atoms with Crippen LogP contribution in [0.3, 0.4) is 0 Å². The number of benzene rings is 1. The van der Waals surface area contributed by atoms with Crippen LogP contribution < -0.4 is 5.32 Å². The molecule has 1 N–H and O–H groups in total. The van der Waals surface area contributed by atoms with Crippen molar-refractivity contribution < 1.29 is 26.4 Å². The number of nitrogens with zero attached hydrogens (tertiary/aromatic N) is 2. The number of carbonyl (C=O) groups excluding carboxylic acids is 1. The quantitative estimate of drug-likeness (QED) is 0.714. The van der Waals surface area contributed by atoms with Crippen molar-refractivity contribution in [2.45, 2.75) is 31.7 Å². The fourth-order valence-electron chi connectivity index (χ4n) is 2.89. The van der Waals surface area contributed by atoms with Gasteiger partial charge < -0.3 is 5.32 Å². The Bertz CT molecular complexity index is 1090. The third kappa shape index (κ3) is 5.65. The van der Waals surface area contributed by atoms with Gasteiger partial charge >= 0.3 is 0 Å². The van der Waals surface area contributed by atoms with E-state index in [9.17, 15) is 26.4 Å². The van der Waals surface area contributed by atoms with Gasteiger partial charge in [-0.1, -0.05) is 18.2 Å². The number of carbonyl (C=O) groups is 1. The maximum atomic E-state index is 14.0. The number of aromatic nitrogens is 2. The molecule has 0 radical (unpaired) electrons. The highest BCUT2D eigenvalue weighted by Gasteiger charge is 2.34. The van der Waals surface area contributed by atoms with Crippen molar-refractivity contribution in [3.63, 3.8) is 0 Å². The Kier molecular flexibility index (Phi) is 5.98. The molecule has 30 heavy (non-hydrogen) atoms. The first-order valence-electron chi connectivity index (χ1n) is 9.14. The van der Waals surface area contributed by atoms with Crippen LogP contribution in [0.2, 0.25) is 0 Å². The van der Waals surface area contributed by atoms with Gasteiger partial charge in [-0.25, -0.2) is 17.8 Å². The van der Waals surface area contributed by atoms with E-state index < -0.39 is 39.2 Å². The molecule has 160 valence electrons. The number of hydrogen-bond acceptors (Lipinski definition) is 5. The predicted molar refractivity (Wildman–Crippen MR) is 105 cm³/mol. The molecule has 1 aliphatic carbocycles. The lowest BCUT2D eigenvalue weighted by molar-refractivity contribution is 0.0130. The summed E-state index contributed by atoms with van der Waals surface area (Å²) in [6.07, 6.45) is 4.99. The molecule has 1 amide bonds. The normalized spacial score (nSPS) is 15.9. The standard InChI is InChI=1S/C20H20F3N3O3S/c1-20(22,23)18-17(13-4-3-5-14(21)10-13)25-16(11-24-18)19(27)26-15(12-6-7-12)8-9-30(2,28)29/h3-5,8-12,15H,6-7H2,1-2H3,(H,26,27)/b9-8+/t15-/m1/s1. The summed E-state index contributed by atoms with van der Waals surface area (Å²) in [6, 6.07) is 4.38. The molecule has 0 aliphatic heterocycles. The van der Waals surface area contributed by atoms with Crippen LogP contribution in [-0.4, -0.2) is 36.6 Å². The van der Waals surface area contributed by atoms with Crippen LogP contribution in [0.4, 0.5) is 13.2 Å². The highest BCUT2D eigenvalue weighted by molar-refractivity contribution is 7.93. The Morgan fingerprint density at radius 3 is 2.60 bits per heavy atom. The van der Waals surface area contributed by atoms with Crippen molar-refractivity contribution in [3.8, 4) is 11.3 Å². The van der Waals surface area contributed by atoms with Gasteiger partial charge in [0.1, 0.15) is 17.2 Å². The highest BCUT2D eigenvalue weighted by Crippen LogP contribution is 2.34. The van der Waals surface area contributed by atoms with E-state index in [1.807, 2.05) is 0 Å². The number of rotatable bonds is 7. The third-order valence-corrected chi connectivity index (χ3v) is 5.13. The molecule has 10 heteroatoms. The molecule has 0 bridgehead atoms. The lowest BCUT2D eigenvalue weighted by Crippen LogP contribution is -2.36. The molecule has 1 fully saturated rings. The molecule has 3 rings (SSSR count). The maximum absolute atomic E-state index is 14.0. The summed E-state index contributed by atoms with van der Waals surface area (Å²) in [4.78, 5) is 20.4. The van der Waals surface area contributed by atoms with Crippen LogP contribution >= 0.6 is 0 Å². The van der Waals surface area contributed by atoms with Crippen molar-refractivity contribution in [2.75, 3.05) is 6.26 Å². The zero-order valence-corrected chi connectivity index (χ0v) is 17.1. The molecule has 0 spiro atoms. The Hall–Kier alpha value is -2.75. The smallest absolute Gasteiger partial charge is 0.289 e. The lowest BCUT2D eigenvalue weighted by atomic mass is 10.1. The van der Waals surface area contributed by atoms with E-state index >= 15 is 0 Å². The van der Waals surface area contributed by atoms with E-state index in [2.05, 4.69) is 15.3 Å². The summed E-state index contributed by atoms with van der Waals surface area (Å²) in [7, 11) is -3.37. The molecular formula is C20H20F3N3O3S. The van der Waals surface area contributed by atoms with E-state index in [1.54, 1.807) is 0 Å². The summed E-state index contributed by atoms with van der Waals surface area (Å²) in [6.45, 7) is 0.638. The van der Waals surface area contributed by atoms with Crippen molar-refractivity contribution in [2.24, 2.45) is 5.92 Å². The Labute approximate surface area is 172 Å². The zero-order chi connectivity index (χ0) is 22.1. The first-order chi connectivity index (χ1) is 13.9. The highest BCUT2D eigenvalue weighted by atomic mass is 32.2. The summed E-state index contributed by atoms with van der Waals surface area (Å²) in [5.74, 6) is -4.62. The summed E-state index contributed by atoms with van der Waals surface area (Å²) in [5.41, 5.74) is -1.16. The Morgan fingerprint density at radius 1 is 1.33 bits per heavy atom. The van der Waals surface area contributed by atoms with Gasteiger partial charge in [-0.05, 0) is 30.9 Å². The molecule has 1 aromatic carbocycles. The largest absolute Gasteiger partial charge is 0.344 e. The molecule has 2 aromatic rings. The SMILES string of the molecule is CC(F)(F)c1ncc(C(=O)N[C@H](/C=C/S(C)(=O)=O)C2CC2)nc1-c1cccc(F)c1. The van der Waals surface area contributed by atoms with E-state index in [-0.39, 0.29) is 22.9 Å². The van der Waals surface area contributed by atoms with Crippen LogP contribution in [0.5, 0.6) is 0 Å². The number of nitrogens with one attached hydrogen (secondary N) is 1. The average molecular weight is 439 g/mol. The van der Waals surface area contributed by atoms with Crippen LogP contribution in [0, 0.1) is 11.7 Å². The monoisotopic (exact) mass is 439 g/mol. The fourth-order valence-corrected chi connectivity index (χ4v) is 3.34. The van der Waals surface area contributed by atoms with Gasteiger partial charge in [0.25, 0.3) is 11.8 Å². The number of halogens is 3. The summed E-state index contributed by atoms with van der Waals surface area (Å²) >= 11 is 0. The van der Waals surface area contributed by atoms with Crippen LogP contribution in [0.15, 0.2) is 41.9 Å². The topological polar surface area (TPSA) is 89.0 Å². The molecule has 1 atom stereocenters. The number of alkyl halides is 2. The Morgan fingerprint density at radius 2 is 2.03 bits per heavy atom. The molecule has 1 saturated carbocycles. The lowest BCUT2D eigenvalue weighted by Gasteiger charge is -2.17. The minimum atomic E-state index is -3.37. The van der Waals surface area contributed by atoms with Crippen molar-refractivity contribution in [1.82, 2.24) is 15.3 Å². The van der Waals surface area contributed by atoms with Crippen LogP contribution in [0.25, 0.3) is 11.3 Å². The number of amides is 1. The van der Waals surface area contributed by atoms with Gasteiger partial charge in [0.2, 0.25) is 0 Å². The number of hydrogen-bond donors (Lipinski definition) is 1. The molecule has 1 heterocycles. The van der Waals surface area contributed by atoms with E-state index in [0.717, 1.165) is 42.8 Å². The maximum Gasteiger partial charge on any atom is 0.289 e. The van der Waals surface area contributed by atoms with E-state index in [1.165, 1.54) is 18.2 Å². The first-order valence-corrected chi connectivity index (χ1v) is 11.1. The van der Waals surface area contributed by atoms with Gasteiger partial charge in [-0.15, -0.1) is 0 Å². The average Bonchev–Trinajstić information content (AvgIpc) is 3.48. The van der Waals surface area contributed by atoms with Crippen molar-refractivity contribution in [1.29, 1.82) is 0 Å². The minimum Gasteiger partial charge on any atom is -0.344 e.